The number of hydrogen-bond donors (Lipinski definition) is 3. The summed E-state index contributed by atoms with van der Waals surface area (Å²) in [5.74, 6) is -0.178. The molecule has 116 valence electrons. The van der Waals surface area contributed by atoms with Crippen molar-refractivity contribution in [3.05, 3.63) is 29.8 Å². The van der Waals surface area contributed by atoms with Crippen LogP contribution in [-0.4, -0.2) is 43.4 Å². The second-order valence-corrected chi connectivity index (χ2v) is 5.81. The molecule has 3 N–H and O–H groups in total. The van der Waals surface area contributed by atoms with Gasteiger partial charge in [0.25, 0.3) is 0 Å². The second-order valence-electron chi connectivity index (χ2n) is 5.81. The van der Waals surface area contributed by atoms with Crippen LogP contribution in [0, 0.1) is 0 Å². The third kappa shape index (κ3) is 4.19. The van der Waals surface area contributed by atoms with Gasteiger partial charge >= 0.3 is 0 Å². The first-order valence-electron chi connectivity index (χ1n) is 7.35. The molecule has 1 aliphatic heterocycles. The van der Waals surface area contributed by atoms with Crippen LogP contribution in [-0.2, 0) is 9.53 Å². The number of amides is 1. The molecule has 1 heterocycles. The number of rotatable bonds is 6. The van der Waals surface area contributed by atoms with Crippen molar-refractivity contribution in [3.63, 3.8) is 0 Å². The monoisotopic (exact) mass is 292 g/mol. The van der Waals surface area contributed by atoms with Gasteiger partial charge in [0.1, 0.15) is 0 Å². The van der Waals surface area contributed by atoms with E-state index in [1.165, 1.54) is 0 Å². The van der Waals surface area contributed by atoms with Gasteiger partial charge < -0.3 is 20.5 Å². The van der Waals surface area contributed by atoms with E-state index in [2.05, 4.69) is 10.6 Å². The van der Waals surface area contributed by atoms with Gasteiger partial charge in [-0.3, -0.25) is 4.79 Å². The van der Waals surface area contributed by atoms with Crippen molar-refractivity contribution < 1.29 is 14.6 Å². The minimum absolute atomic E-state index is 0.0263. The summed E-state index contributed by atoms with van der Waals surface area (Å²) in [5, 5.41) is 16.4. The molecule has 2 rings (SSSR count). The predicted molar refractivity (Wildman–Crippen MR) is 82.4 cm³/mol. The van der Waals surface area contributed by atoms with E-state index in [-0.39, 0.29) is 18.4 Å². The molecule has 0 saturated carbocycles. The Morgan fingerprint density at radius 1 is 1.52 bits per heavy atom. The Morgan fingerprint density at radius 3 is 3.05 bits per heavy atom. The number of benzene rings is 1. The summed E-state index contributed by atoms with van der Waals surface area (Å²) >= 11 is 0. The van der Waals surface area contributed by atoms with Crippen LogP contribution in [0.3, 0.4) is 0 Å². The molecule has 2 atom stereocenters. The highest BCUT2D eigenvalue weighted by Crippen LogP contribution is 2.31. The summed E-state index contributed by atoms with van der Waals surface area (Å²) in [6.07, 6.45) is 1.26. The average Bonchev–Trinajstić information content (AvgIpc) is 2.50. The van der Waals surface area contributed by atoms with Crippen LogP contribution in [0.25, 0.3) is 0 Å². The van der Waals surface area contributed by atoms with Gasteiger partial charge in [-0.15, -0.1) is 0 Å². The fourth-order valence-corrected chi connectivity index (χ4v) is 2.55. The largest absolute Gasteiger partial charge is 0.388 e. The van der Waals surface area contributed by atoms with Gasteiger partial charge in [-0.1, -0.05) is 18.2 Å². The molecule has 0 bridgehead atoms. The van der Waals surface area contributed by atoms with E-state index in [0.29, 0.717) is 13.0 Å². The summed E-state index contributed by atoms with van der Waals surface area (Å²) in [6.45, 7) is 3.21. The van der Waals surface area contributed by atoms with Gasteiger partial charge in [-0.25, -0.2) is 0 Å². The van der Waals surface area contributed by atoms with Gasteiger partial charge in [-0.05, 0) is 25.0 Å². The number of para-hydroxylation sites is 1. The number of anilines is 1. The van der Waals surface area contributed by atoms with Gasteiger partial charge in [-0.2, -0.15) is 0 Å². The minimum Gasteiger partial charge on any atom is -0.388 e. The first kappa shape index (κ1) is 15.8. The Hall–Kier alpha value is -1.59. The Kier molecular flexibility index (Phi) is 5.20. The molecule has 0 aliphatic carbocycles. The molecular weight excluding hydrogens is 268 g/mol. The summed E-state index contributed by atoms with van der Waals surface area (Å²) in [5.41, 5.74) is 1.10. The van der Waals surface area contributed by atoms with E-state index < -0.39 is 5.60 Å². The topological polar surface area (TPSA) is 70.6 Å². The molecule has 1 aromatic carbocycles. The van der Waals surface area contributed by atoms with Crippen molar-refractivity contribution in [2.24, 2.45) is 0 Å². The molecule has 1 aliphatic rings. The number of carbonyl (C=O) groups is 1. The van der Waals surface area contributed by atoms with Crippen LogP contribution in [0.4, 0.5) is 5.69 Å². The highest BCUT2D eigenvalue weighted by molar-refractivity contribution is 5.86. The lowest BCUT2D eigenvalue weighted by Crippen LogP contribution is -2.43. The number of hydrogen-bond acceptors (Lipinski definition) is 4. The number of ether oxygens (including phenoxy) is 1. The van der Waals surface area contributed by atoms with Crippen LogP contribution in [0.2, 0.25) is 0 Å². The third-order valence-electron chi connectivity index (χ3n) is 3.89. The van der Waals surface area contributed by atoms with Crippen LogP contribution >= 0.6 is 0 Å². The third-order valence-corrected chi connectivity index (χ3v) is 3.89. The molecule has 21 heavy (non-hydrogen) atoms. The Morgan fingerprint density at radius 2 is 2.29 bits per heavy atom. The summed E-state index contributed by atoms with van der Waals surface area (Å²) in [4.78, 5) is 12.4. The van der Waals surface area contributed by atoms with Crippen LogP contribution in [0.1, 0.15) is 31.2 Å². The van der Waals surface area contributed by atoms with Crippen molar-refractivity contribution in [2.75, 3.05) is 32.1 Å². The maximum Gasteiger partial charge on any atom is 0.227 e. The zero-order valence-corrected chi connectivity index (χ0v) is 12.7. The normalized spacial score (nSPS) is 20.0. The maximum atomic E-state index is 12.4. The van der Waals surface area contributed by atoms with E-state index >= 15 is 0 Å². The number of aliphatic hydroxyl groups is 1. The van der Waals surface area contributed by atoms with Crippen LogP contribution in [0.15, 0.2) is 24.3 Å². The highest BCUT2D eigenvalue weighted by Gasteiger charge is 2.28. The number of carbonyl (C=O) groups excluding carboxylic acids is 1. The molecule has 1 amide bonds. The zero-order chi connectivity index (χ0) is 15.3. The smallest absolute Gasteiger partial charge is 0.227 e. The van der Waals surface area contributed by atoms with Gasteiger partial charge in [0.2, 0.25) is 5.91 Å². The lowest BCUT2D eigenvalue weighted by atomic mass is 9.90. The summed E-state index contributed by atoms with van der Waals surface area (Å²) in [6, 6.07) is 7.88. The van der Waals surface area contributed by atoms with Gasteiger partial charge in [0.05, 0.1) is 11.5 Å². The quantitative estimate of drug-likeness (QED) is 0.743. The second kappa shape index (κ2) is 6.91. The SMILES string of the molecule is COCCC(C)(O)CNC(=O)C1CCNc2ccccc21. The molecule has 5 nitrogen and oxygen atoms in total. The van der Waals surface area contributed by atoms with Crippen molar-refractivity contribution in [3.8, 4) is 0 Å². The van der Waals surface area contributed by atoms with E-state index in [4.69, 9.17) is 4.74 Å². The van der Waals surface area contributed by atoms with E-state index in [1.54, 1.807) is 14.0 Å². The molecule has 0 radical (unpaired) electrons. The Balaban J connectivity index is 1.96. The molecule has 0 fully saturated rings. The number of methoxy groups -OCH3 is 1. The van der Waals surface area contributed by atoms with Crippen LogP contribution in [0.5, 0.6) is 0 Å². The van der Waals surface area contributed by atoms with Crippen molar-refractivity contribution in [2.45, 2.75) is 31.3 Å². The molecule has 0 saturated heterocycles. The number of nitrogens with one attached hydrogen (secondary N) is 2. The van der Waals surface area contributed by atoms with Crippen molar-refractivity contribution in [1.82, 2.24) is 5.32 Å². The van der Waals surface area contributed by atoms with E-state index in [0.717, 1.165) is 24.2 Å². The fraction of sp³-hybridized carbons (Fsp3) is 0.562. The minimum atomic E-state index is -0.946. The van der Waals surface area contributed by atoms with Crippen molar-refractivity contribution >= 4 is 11.6 Å². The Bertz CT molecular complexity index is 488. The van der Waals surface area contributed by atoms with Crippen molar-refractivity contribution in [1.29, 1.82) is 0 Å². The Labute approximate surface area is 125 Å². The molecule has 1 aromatic rings. The fourth-order valence-electron chi connectivity index (χ4n) is 2.55. The summed E-state index contributed by atoms with van der Waals surface area (Å²) < 4.78 is 4.97. The molecule has 5 heteroatoms. The first-order valence-corrected chi connectivity index (χ1v) is 7.35. The summed E-state index contributed by atoms with van der Waals surface area (Å²) in [7, 11) is 1.60. The average molecular weight is 292 g/mol. The standard InChI is InChI=1S/C16H24N2O3/c1-16(20,8-10-21-2)11-18-15(19)13-7-9-17-14-6-4-3-5-12(13)14/h3-6,13,17,20H,7-11H2,1-2H3,(H,18,19). The molecule has 0 spiro atoms. The van der Waals surface area contributed by atoms with Gasteiger partial charge in [0, 0.05) is 38.9 Å². The number of fused-ring (bicyclic) bond motifs is 1. The lowest BCUT2D eigenvalue weighted by molar-refractivity contribution is -0.124. The maximum absolute atomic E-state index is 12.4. The first-order chi connectivity index (χ1) is 10.0. The van der Waals surface area contributed by atoms with E-state index in [1.807, 2.05) is 24.3 Å². The zero-order valence-electron chi connectivity index (χ0n) is 12.7. The molecular formula is C16H24N2O3. The highest BCUT2D eigenvalue weighted by atomic mass is 16.5. The lowest BCUT2D eigenvalue weighted by Gasteiger charge is -2.28. The van der Waals surface area contributed by atoms with E-state index in [9.17, 15) is 9.90 Å². The molecule has 2 unspecified atom stereocenters. The predicted octanol–water partition coefficient (Wildman–Crippen LogP) is 1.49. The molecule has 0 aromatic heterocycles. The van der Waals surface area contributed by atoms with Crippen LogP contribution < -0.4 is 10.6 Å². The van der Waals surface area contributed by atoms with Gasteiger partial charge in [0.15, 0.2) is 0 Å².